The Morgan fingerprint density at radius 3 is 2.64 bits per heavy atom. The van der Waals surface area contributed by atoms with E-state index in [1.54, 1.807) is 56.3 Å². The monoisotopic (exact) mass is 458 g/mol. The van der Waals surface area contributed by atoms with Gasteiger partial charge in [0.15, 0.2) is 0 Å². The minimum Gasteiger partial charge on any atom is -0.489 e. The van der Waals surface area contributed by atoms with Gasteiger partial charge in [-0.15, -0.1) is 0 Å². The van der Waals surface area contributed by atoms with Crippen LogP contribution in [0.1, 0.15) is 36.7 Å². The van der Waals surface area contributed by atoms with Gasteiger partial charge in [0.05, 0.1) is 31.5 Å². The van der Waals surface area contributed by atoms with Crippen molar-refractivity contribution < 1.29 is 28.2 Å². The molecule has 0 bridgehead atoms. The topological polar surface area (TPSA) is 103 Å². The molecule has 10 heteroatoms. The molecule has 0 radical (unpaired) electrons. The number of alkyl carbamates (subject to hydrolysis) is 1. The van der Waals surface area contributed by atoms with Crippen molar-refractivity contribution in [2.75, 3.05) is 31.7 Å². The molecule has 0 unspecified atom stereocenters. The van der Waals surface area contributed by atoms with Gasteiger partial charge in [-0.1, -0.05) is 0 Å². The molecular weight excluding hydrogens is 431 g/mol. The second-order valence-electron chi connectivity index (χ2n) is 8.37. The van der Waals surface area contributed by atoms with Crippen molar-refractivity contribution in [1.29, 1.82) is 0 Å². The van der Waals surface area contributed by atoms with Gasteiger partial charge in [0.2, 0.25) is 0 Å². The molecule has 0 saturated heterocycles. The molecule has 2 heterocycles. The number of halogens is 1. The average molecular weight is 458 g/mol. The van der Waals surface area contributed by atoms with Gasteiger partial charge in [-0.25, -0.2) is 19.2 Å². The van der Waals surface area contributed by atoms with Crippen molar-refractivity contribution in [3.05, 3.63) is 53.6 Å². The van der Waals surface area contributed by atoms with Crippen LogP contribution in [0.4, 0.5) is 14.9 Å². The van der Waals surface area contributed by atoms with Gasteiger partial charge in [-0.3, -0.25) is 4.79 Å². The summed E-state index contributed by atoms with van der Waals surface area (Å²) in [5, 5.41) is 2.49. The molecule has 176 valence electrons. The van der Waals surface area contributed by atoms with Gasteiger partial charge in [-0.05, 0) is 51.0 Å². The standard InChI is InChI=1S/C23H27FN4O5/c1-23(2,3)33-22(30)27-11-15(10-24)14-32-18-5-6-19-16(9-18)7-8-28(20(19)29)17-12-25-21(31-4)26-13-17/h5-6,9-10,12-13H,7-8,11,14H2,1-4H3,(H,27,30)/b15-10-. The van der Waals surface area contributed by atoms with E-state index in [4.69, 9.17) is 14.2 Å². The highest BCUT2D eigenvalue weighted by molar-refractivity contribution is 6.08. The molecule has 0 fully saturated rings. The number of ether oxygens (including phenoxy) is 3. The SMILES string of the molecule is COc1ncc(N2CCc3cc(OC/C(=C\F)CNC(=O)OC(C)(C)C)ccc3C2=O)cn1. The van der Waals surface area contributed by atoms with Crippen LogP contribution in [0.3, 0.4) is 0 Å². The first kappa shape index (κ1) is 24.0. The quantitative estimate of drug-likeness (QED) is 0.678. The first-order valence-electron chi connectivity index (χ1n) is 10.4. The van der Waals surface area contributed by atoms with Crippen molar-refractivity contribution in [2.24, 2.45) is 0 Å². The van der Waals surface area contributed by atoms with Crippen LogP contribution in [0, 0.1) is 0 Å². The minimum atomic E-state index is -0.642. The third kappa shape index (κ3) is 6.41. The number of nitrogens with one attached hydrogen (secondary N) is 1. The molecule has 0 saturated carbocycles. The van der Waals surface area contributed by atoms with Crippen LogP contribution >= 0.6 is 0 Å². The Labute approximate surface area is 191 Å². The maximum absolute atomic E-state index is 13.2. The van der Waals surface area contributed by atoms with Crippen LogP contribution in [-0.2, 0) is 11.2 Å². The third-order valence-corrected chi connectivity index (χ3v) is 4.70. The number of amides is 2. The zero-order chi connectivity index (χ0) is 24.0. The lowest BCUT2D eigenvalue weighted by Crippen LogP contribution is -2.37. The summed E-state index contributed by atoms with van der Waals surface area (Å²) in [6.45, 7) is 5.58. The van der Waals surface area contributed by atoms with Gasteiger partial charge in [0.25, 0.3) is 5.91 Å². The van der Waals surface area contributed by atoms with E-state index in [9.17, 15) is 14.0 Å². The van der Waals surface area contributed by atoms with E-state index in [0.717, 1.165) is 5.56 Å². The zero-order valence-electron chi connectivity index (χ0n) is 19.1. The average Bonchev–Trinajstić information content (AvgIpc) is 2.78. The highest BCUT2D eigenvalue weighted by Gasteiger charge is 2.26. The summed E-state index contributed by atoms with van der Waals surface area (Å²) in [5.74, 6) is 0.335. The number of hydrogen-bond acceptors (Lipinski definition) is 7. The molecule has 1 aromatic carbocycles. The largest absolute Gasteiger partial charge is 0.489 e. The molecule has 3 rings (SSSR count). The molecule has 33 heavy (non-hydrogen) atoms. The Bertz CT molecular complexity index is 1030. The van der Waals surface area contributed by atoms with E-state index < -0.39 is 11.7 Å². The second kappa shape index (κ2) is 10.3. The summed E-state index contributed by atoms with van der Waals surface area (Å²) >= 11 is 0. The van der Waals surface area contributed by atoms with Crippen LogP contribution < -0.4 is 19.7 Å². The van der Waals surface area contributed by atoms with Gasteiger partial charge in [0, 0.05) is 24.2 Å². The van der Waals surface area contributed by atoms with Crippen LogP contribution in [0.2, 0.25) is 0 Å². The number of fused-ring (bicyclic) bond motifs is 1. The highest BCUT2D eigenvalue weighted by atomic mass is 19.1. The predicted molar refractivity (Wildman–Crippen MR) is 119 cm³/mol. The normalized spacial score (nSPS) is 13.9. The lowest BCUT2D eigenvalue weighted by Gasteiger charge is -2.28. The number of benzene rings is 1. The molecule has 2 aromatic rings. The number of rotatable bonds is 7. The molecule has 0 aliphatic carbocycles. The lowest BCUT2D eigenvalue weighted by molar-refractivity contribution is 0.0531. The maximum atomic E-state index is 13.2. The number of hydrogen-bond donors (Lipinski definition) is 1. The predicted octanol–water partition coefficient (Wildman–Crippen LogP) is 3.45. The molecule has 1 N–H and O–H groups in total. The summed E-state index contributed by atoms with van der Waals surface area (Å²) in [4.78, 5) is 34.4. The summed E-state index contributed by atoms with van der Waals surface area (Å²) in [6.07, 6.45) is 3.45. The molecule has 1 aliphatic heterocycles. The minimum absolute atomic E-state index is 0.0479. The van der Waals surface area contributed by atoms with E-state index in [2.05, 4.69) is 15.3 Å². The lowest BCUT2D eigenvalue weighted by atomic mass is 9.98. The summed E-state index contributed by atoms with van der Waals surface area (Å²) < 4.78 is 29.0. The summed E-state index contributed by atoms with van der Waals surface area (Å²) in [7, 11) is 1.47. The van der Waals surface area contributed by atoms with Crippen LogP contribution in [0.25, 0.3) is 0 Å². The fourth-order valence-electron chi connectivity index (χ4n) is 3.15. The first-order chi connectivity index (χ1) is 15.7. The maximum Gasteiger partial charge on any atom is 0.407 e. The van der Waals surface area contributed by atoms with E-state index in [1.165, 1.54) is 7.11 Å². The third-order valence-electron chi connectivity index (χ3n) is 4.70. The summed E-state index contributed by atoms with van der Waals surface area (Å²) in [5.41, 5.74) is 1.57. The van der Waals surface area contributed by atoms with E-state index in [1.807, 2.05) is 0 Å². The van der Waals surface area contributed by atoms with Crippen LogP contribution in [0.15, 0.2) is 42.5 Å². The van der Waals surface area contributed by atoms with Gasteiger partial charge >= 0.3 is 12.1 Å². The number of carbonyl (C=O) groups excluding carboxylic acids is 2. The number of anilines is 1. The van der Waals surface area contributed by atoms with Gasteiger partial charge in [0.1, 0.15) is 18.0 Å². The highest BCUT2D eigenvalue weighted by Crippen LogP contribution is 2.27. The molecule has 0 atom stereocenters. The van der Waals surface area contributed by atoms with E-state index >= 15 is 0 Å². The van der Waals surface area contributed by atoms with Crippen molar-refractivity contribution in [3.63, 3.8) is 0 Å². The van der Waals surface area contributed by atoms with Crippen LogP contribution in [0.5, 0.6) is 11.8 Å². The molecule has 1 aromatic heterocycles. The number of aromatic nitrogens is 2. The molecule has 0 spiro atoms. The number of carbonyl (C=O) groups is 2. The second-order valence-corrected chi connectivity index (χ2v) is 8.37. The van der Waals surface area contributed by atoms with Gasteiger partial charge < -0.3 is 24.4 Å². The smallest absolute Gasteiger partial charge is 0.407 e. The van der Waals surface area contributed by atoms with Crippen molar-refractivity contribution in [1.82, 2.24) is 15.3 Å². The molecule has 2 amide bonds. The van der Waals surface area contributed by atoms with Gasteiger partial charge in [-0.2, -0.15) is 0 Å². The Balaban J connectivity index is 1.59. The molecule has 9 nitrogen and oxygen atoms in total. The van der Waals surface area contributed by atoms with E-state index in [-0.39, 0.29) is 30.6 Å². The van der Waals surface area contributed by atoms with Crippen molar-refractivity contribution in [2.45, 2.75) is 32.8 Å². The first-order valence-corrected chi connectivity index (χ1v) is 10.4. The Hall–Kier alpha value is -3.69. The fourth-order valence-corrected chi connectivity index (χ4v) is 3.15. The number of methoxy groups -OCH3 is 1. The van der Waals surface area contributed by atoms with Crippen LogP contribution in [-0.4, -0.2) is 54.4 Å². The summed E-state index contributed by atoms with van der Waals surface area (Å²) in [6, 6.07) is 5.34. The van der Waals surface area contributed by atoms with Crippen molar-refractivity contribution in [3.8, 4) is 11.8 Å². The number of nitrogens with zero attached hydrogens (tertiary/aromatic N) is 3. The molecular formula is C23H27FN4O5. The fraction of sp³-hybridized carbons (Fsp3) is 0.391. The van der Waals surface area contributed by atoms with E-state index in [0.29, 0.717) is 36.3 Å². The molecule has 1 aliphatic rings. The van der Waals surface area contributed by atoms with Crippen molar-refractivity contribution >= 4 is 17.7 Å². The zero-order valence-corrected chi connectivity index (χ0v) is 19.1. The Morgan fingerprint density at radius 2 is 2.00 bits per heavy atom. The Morgan fingerprint density at radius 1 is 1.27 bits per heavy atom. The Kier molecular flexibility index (Phi) is 7.47.